The van der Waals surface area contributed by atoms with Crippen molar-refractivity contribution in [3.8, 4) is 0 Å². The second kappa shape index (κ2) is 6.13. The lowest BCUT2D eigenvalue weighted by atomic mass is 10.1. The molecule has 0 aliphatic carbocycles. The van der Waals surface area contributed by atoms with Gasteiger partial charge in [-0.1, -0.05) is 6.07 Å². The lowest BCUT2D eigenvalue weighted by molar-refractivity contribution is 0.0600. The molecule has 0 amide bonds. The molecular weight excluding hydrogens is 294 g/mol. The number of carbonyl (C=O) groups is 1. The van der Waals surface area contributed by atoms with Gasteiger partial charge >= 0.3 is 5.97 Å². The Labute approximate surface area is 124 Å². The number of aliphatic hydroxyl groups is 1. The lowest BCUT2D eigenvalue weighted by Gasteiger charge is -2.18. The van der Waals surface area contributed by atoms with E-state index in [0.717, 1.165) is 0 Å². The summed E-state index contributed by atoms with van der Waals surface area (Å²) >= 11 is 0. The highest BCUT2D eigenvalue weighted by Gasteiger charge is 2.33. The molecule has 6 nitrogen and oxygen atoms in total. The molecule has 1 atom stereocenters. The van der Waals surface area contributed by atoms with Gasteiger partial charge in [-0.05, 0) is 37.0 Å². The molecule has 21 heavy (non-hydrogen) atoms. The van der Waals surface area contributed by atoms with Gasteiger partial charge < -0.3 is 9.84 Å². The summed E-state index contributed by atoms with van der Waals surface area (Å²) < 4.78 is 31.3. The van der Waals surface area contributed by atoms with Crippen LogP contribution in [0.1, 0.15) is 22.3 Å². The SMILES string of the molecule is COC(=O)c1ccc(C)c(S(=O)(=O)N2CCC(CO)C2)c1. The van der Waals surface area contributed by atoms with Gasteiger partial charge in [0.2, 0.25) is 10.0 Å². The molecule has 7 heteroatoms. The topological polar surface area (TPSA) is 83.9 Å². The van der Waals surface area contributed by atoms with Gasteiger partial charge in [-0.3, -0.25) is 0 Å². The predicted molar refractivity (Wildman–Crippen MR) is 76.5 cm³/mol. The Balaban J connectivity index is 2.38. The maximum absolute atomic E-state index is 12.7. The number of rotatable bonds is 4. The summed E-state index contributed by atoms with van der Waals surface area (Å²) in [5.41, 5.74) is 0.787. The highest BCUT2D eigenvalue weighted by atomic mass is 32.2. The van der Waals surface area contributed by atoms with Crippen molar-refractivity contribution in [2.45, 2.75) is 18.2 Å². The molecule has 1 aromatic carbocycles. The van der Waals surface area contributed by atoms with E-state index in [1.54, 1.807) is 19.1 Å². The molecule has 0 aromatic heterocycles. The van der Waals surface area contributed by atoms with Crippen LogP contribution in [-0.4, -0.2) is 50.6 Å². The average molecular weight is 313 g/mol. The fraction of sp³-hybridized carbons (Fsp3) is 0.500. The summed E-state index contributed by atoms with van der Waals surface area (Å²) in [5.74, 6) is -0.593. The van der Waals surface area contributed by atoms with Crippen LogP contribution in [0.25, 0.3) is 0 Å². The molecule has 1 N–H and O–H groups in total. The first-order valence-corrected chi connectivity index (χ1v) is 8.14. The van der Waals surface area contributed by atoms with E-state index in [9.17, 15) is 13.2 Å². The summed E-state index contributed by atoms with van der Waals surface area (Å²) in [7, 11) is -2.41. The number of hydrogen-bond acceptors (Lipinski definition) is 5. The molecule has 1 aliphatic rings. The van der Waals surface area contributed by atoms with Crippen LogP contribution in [0.15, 0.2) is 23.1 Å². The van der Waals surface area contributed by atoms with E-state index in [1.807, 2.05) is 0 Å². The highest BCUT2D eigenvalue weighted by molar-refractivity contribution is 7.89. The summed E-state index contributed by atoms with van der Waals surface area (Å²) in [6, 6.07) is 4.49. The number of esters is 1. The highest BCUT2D eigenvalue weighted by Crippen LogP contribution is 2.27. The van der Waals surface area contributed by atoms with Gasteiger partial charge in [-0.25, -0.2) is 13.2 Å². The molecule has 1 fully saturated rings. The van der Waals surface area contributed by atoms with Gasteiger partial charge in [0.05, 0.1) is 17.6 Å². The Morgan fingerprint density at radius 2 is 2.19 bits per heavy atom. The first-order chi connectivity index (χ1) is 9.90. The summed E-state index contributed by atoms with van der Waals surface area (Å²) in [5, 5.41) is 9.14. The van der Waals surface area contributed by atoms with Gasteiger partial charge in [0, 0.05) is 19.7 Å². The van der Waals surface area contributed by atoms with Crippen LogP contribution in [0, 0.1) is 12.8 Å². The lowest BCUT2D eigenvalue weighted by Crippen LogP contribution is -2.30. The van der Waals surface area contributed by atoms with Crippen molar-refractivity contribution in [3.63, 3.8) is 0 Å². The van der Waals surface area contributed by atoms with Crippen LogP contribution >= 0.6 is 0 Å². The van der Waals surface area contributed by atoms with E-state index in [1.165, 1.54) is 17.5 Å². The van der Waals surface area contributed by atoms with Crippen LogP contribution in [0.4, 0.5) is 0 Å². The second-order valence-corrected chi connectivity index (χ2v) is 7.08. The second-order valence-electron chi connectivity index (χ2n) is 5.17. The molecule has 0 radical (unpaired) electrons. The molecule has 1 heterocycles. The van der Waals surface area contributed by atoms with Gasteiger partial charge in [-0.15, -0.1) is 0 Å². The molecule has 1 saturated heterocycles. The number of hydrogen-bond donors (Lipinski definition) is 1. The minimum absolute atomic E-state index is 0.0206. The minimum Gasteiger partial charge on any atom is -0.465 e. The van der Waals surface area contributed by atoms with Crippen molar-refractivity contribution in [1.29, 1.82) is 0 Å². The Hall–Kier alpha value is -1.44. The third-order valence-electron chi connectivity index (χ3n) is 3.73. The largest absolute Gasteiger partial charge is 0.465 e. The zero-order valence-electron chi connectivity index (χ0n) is 12.1. The number of benzene rings is 1. The van der Waals surface area contributed by atoms with Crippen molar-refractivity contribution in [2.75, 3.05) is 26.8 Å². The molecule has 1 aliphatic heterocycles. The molecule has 0 spiro atoms. The monoisotopic (exact) mass is 313 g/mol. The first kappa shape index (κ1) is 15.9. The van der Waals surface area contributed by atoms with Crippen molar-refractivity contribution < 1.29 is 23.1 Å². The van der Waals surface area contributed by atoms with E-state index in [0.29, 0.717) is 25.1 Å². The number of ether oxygens (including phenoxy) is 1. The number of carbonyl (C=O) groups excluding carboxylic acids is 1. The van der Waals surface area contributed by atoms with Crippen molar-refractivity contribution in [1.82, 2.24) is 4.31 Å². The van der Waals surface area contributed by atoms with Crippen LogP contribution in [0.5, 0.6) is 0 Å². The first-order valence-electron chi connectivity index (χ1n) is 6.70. The zero-order chi connectivity index (χ0) is 15.6. The van der Waals surface area contributed by atoms with E-state index in [2.05, 4.69) is 4.74 Å². The standard InChI is InChI=1S/C14H19NO5S/c1-10-3-4-12(14(17)20-2)7-13(10)21(18,19)15-6-5-11(8-15)9-16/h3-4,7,11,16H,5-6,8-9H2,1-2H3. The molecular formula is C14H19NO5S. The van der Waals surface area contributed by atoms with E-state index in [-0.39, 0.29) is 23.0 Å². The Morgan fingerprint density at radius 3 is 2.76 bits per heavy atom. The Kier molecular flexibility index (Phi) is 4.65. The zero-order valence-corrected chi connectivity index (χ0v) is 12.9. The third-order valence-corrected chi connectivity index (χ3v) is 5.74. The molecule has 0 bridgehead atoms. The summed E-state index contributed by atoms with van der Waals surface area (Å²) in [4.78, 5) is 11.7. The quantitative estimate of drug-likeness (QED) is 0.831. The summed E-state index contributed by atoms with van der Waals surface area (Å²) in [6.45, 7) is 2.36. The van der Waals surface area contributed by atoms with Crippen molar-refractivity contribution >= 4 is 16.0 Å². The molecule has 1 aromatic rings. The van der Waals surface area contributed by atoms with Gasteiger partial charge in [-0.2, -0.15) is 4.31 Å². The molecule has 1 unspecified atom stereocenters. The average Bonchev–Trinajstić information content (AvgIpc) is 2.96. The fourth-order valence-electron chi connectivity index (χ4n) is 2.43. The van der Waals surface area contributed by atoms with Crippen molar-refractivity contribution in [2.24, 2.45) is 5.92 Å². The smallest absolute Gasteiger partial charge is 0.337 e. The van der Waals surface area contributed by atoms with E-state index < -0.39 is 16.0 Å². The number of sulfonamides is 1. The summed E-state index contributed by atoms with van der Waals surface area (Å²) in [6.07, 6.45) is 0.644. The molecule has 2 rings (SSSR count). The van der Waals surface area contributed by atoms with E-state index >= 15 is 0 Å². The fourth-order valence-corrected chi connectivity index (χ4v) is 4.21. The van der Waals surface area contributed by atoms with Crippen LogP contribution < -0.4 is 0 Å². The maximum Gasteiger partial charge on any atom is 0.337 e. The molecule has 0 saturated carbocycles. The normalized spacial score (nSPS) is 19.7. The van der Waals surface area contributed by atoms with Crippen LogP contribution in [0.2, 0.25) is 0 Å². The third kappa shape index (κ3) is 3.09. The maximum atomic E-state index is 12.7. The minimum atomic E-state index is -3.66. The van der Waals surface area contributed by atoms with Gasteiger partial charge in [0.15, 0.2) is 0 Å². The van der Waals surface area contributed by atoms with E-state index in [4.69, 9.17) is 5.11 Å². The number of aliphatic hydroxyl groups excluding tert-OH is 1. The number of aryl methyl sites for hydroxylation is 1. The predicted octanol–water partition coefficient (Wildman–Crippen LogP) is 0.785. The number of methoxy groups -OCH3 is 1. The van der Waals surface area contributed by atoms with Crippen LogP contribution in [-0.2, 0) is 14.8 Å². The van der Waals surface area contributed by atoms with Gasteiger partial charge in [0.1, 0.15) is 0 Å². The van der Waals surface area contributed by atoms with Crippen LogP contribution in [0.3, 0.4) is 0 Å². The molecule has 116 valence electrons. The van der Waals surface area contributed by atoms with Crippen molar-refractivity contribution in [3.05, 3.63) is 29.3 Å². The van der Waals surface area contributed by atoms with Gasteiger partial charge in [0.25, 0.3) is 0 Å². The number of nitrogens with zero attached hydrogens (tertiary/aromatic N) is 1. The Morgan fingerprint density at radius 1 is 1.48 bits per heavy atom. The Bertz CT molecular complexity index is 641.